The van der Waals surface area contributed by atoms with Gasteiger partial charge in [0.15, 0.2) is 0 Å². The number of benzene rings is 1. The first-order valence-electron chi connectivity index (χ1n) is 8.26. The first-order chi connectivity index (χ1) is 12.2. The Balaban J connectivity index is 1.53. The molecule has 1 fully saturated rings. The van der Waals surface area contributed by atoms with Crippen LogP contribution in [0.4, 0.5) is 0 Å². The first kappa shape index (κ1) is 16.0. The molecule has 1 amide bonds. The number of para-hydroxylation sites is 1. The highest BCUT2D eigenvalue weighted by atomic mass is 32.1. The Morgan fingerprint density at radius 3 is 2.96 bits per heavy atom. The minimum atomic E-state index is -0.0216. The molecule has 3 heterocycles. The van der Waals surface area contributed by atoms with Crippen LogP contribution in [0.25, 0.3) is 16.3 Å². The number of nitrogens with one attached hydrogen (secondary N) is 1. The number of hydrogen-bond donors (Lipinski definition) is 1. The van der Waals surface area contributed by atoms with Crippen molar-refractivity contribution in [2.24, 2.45) is 0 Å². The molecule has 0 aliphatic carbocycles. The molecule has 1 saturated heterocycles. The molecule has 1 aliphatic heterocycles. The van der Waals surface area contributed by atoms with E-state index < -0.39 is 0 Å². The van der Waals surface area contributed by atoms with E-state index in [9.17, 15) is 4.79 Å². The van der Waals surface area contributed by atoms with Crippen molar-refractivity contribution in [1.29, 1.82) is 0 Å². The van der Waals surface area contributed by atoms with E-state index in [2.05, 4.69) is 15.4 Å². The predicted octanol–water partition coefficient (Wildman–Crippen LogP) is 2.43. The fourth-order valence-electron chi connectivity index (χ4n) is 2.98. The number of rotatable bonds is 4. The summed E-state index contributed by atoms with van der Waals surface area (Å²) < 4.78 is 1.81. The Bertz CT molecular complexity index is 866. The zero-order valence-corrected chi connectivity index (χ0v) is 14.7. The van der Waals surface area contributed by atoms with Crippen LogP contribution in [0.2, 0.25) is 0 Å². The molecule has 2 aromatic heterocycles. The van der Waals surface area contributed by atoms with E-state index >= 15 is 0 Å². The molecule has 1 aliphatic rings. The molecule has 3 aromatic rings. The second-order valence-electron chi connectivity index (χ2n) is 6.11. The van der Waals surface area contributed by atoms with Gasteiger partial charge in [0.05, 0.1) is 11.9 Å². The largest absolute Gasteiger partial charge is 0.336 e. The number of carbonyl (C=O) groups is 1. The lowest BCUT2D eigenvalue weighted by Gasteiger charge is -2.22. The second kappa shape index (κ2) is 6.78. The molecule has 1 unspecified atom stereocenters. The van der Waals surface area contributed by atoms with Crippen molar-refractivity contribution in [3.63, 3.8) is 0 Å². The van der Waals surface area contributed by atoms with Crippen molar-refractivity contribution in [1.82, 2.24) is 25.0 Å². The molecule has 25 heavy (non-hydrogen) atoms. The van der Waals surface area contributed by atoms with Crippen molar-refractivity contribution in [3.8, 4) is 16.3 Å². The van der Waals surface area contributed by atoms with Gasteiger partial charge < -0.3 is 10.2 Å². The van der Waals surface area contributed by atoms with Crippen LogP contribution in [-0.2, 0) is 0 Å². The number of carbonyl (C=O) groups excluding carboxylic acids is 1. The van der Waals surface area contributed by atoms with Crippen molar-refractivity contribution in [2.75, 3.05) is 20.1 Å². The Hall–Kier alpha value is -2.51. The van der Waals surface area contributed by atoms with Gasteiger partial charge >= 0.3 is 0 Å². The lowest BCUT2D eigenvalue weighted by atomic mass is 10.2. The molecule has 1 atom stereocenters. The maximum Gasteiger partial charge on any atom is 0.273 e. The van der Waals surface area contributed by atoms with Gasteiger partial charge in [-0.05, 0) is 25.1 Å². The summed E-state index contributed by atoms with van der Waals surface area (Å²) in [5.41, 5.74) is 2.41. The number of nitrogens with zero attached hydrogens (tertiary/aromatic N) is 4. The number of thiazole rings is 1. The van der Waals surface area contributed by atoms with Gasteiger partial charge in [0.1, 0.15) is 10.7 Å². The Morgan fingerprint density at radius 1 is 1.36 bits per heavy atom. The van der Waals surface area contributed by atoms with E-state index in [-0.39, 0.29) is 11.9 Å². The van der Waals surface area contributed by atoms with Crippen LogP contribution in [0.15, 0.2) is 48.1 Å². The summed E-state index contributed by atoms with van der Waals surface area (Å²) in [6.07, 6.45) is 4.71. The fourth-order valence-corrected chi connectivity index (χ4v) is 3.75. The molecular weight excluding hydrogens is 334 g/mol. The normalized spacial score (nSPS) is 16.9. The van der Waals surface area contributed by atoms with Crippen LogP contribution >= 0.6 is 11.3 Å². The van der Waals surface area contributed by atoms with E-state index in [1.54, 1.807) is 11.1 Å². The van der Waals surface area contributed by atoms with Gasteiger partial charge in [-0.3, -0.25) is 4.79 Å². The topological polar surface area (TPSA) is 63.1 Å². The molecule has 4 rings (SSSR count). The van der Waals surface area contributed by atoms with Crippen LogP contribution < -0.4 is 5.32 Å². The molecule has 128 valence electrons. The monoisotopic (exact) mass is 353 g/mol. The number of aromatic nitrogens is 3. The lowest BCUT2D eigenvalue weighted by molar-refractivity contribution is 0.0739. The van der Waals surface area contributed by atoms with Gasteiger partial charge in [-0.1, -0.05) is 18.2 Å². The zero-order chi connectivity index (χ0) is 17.2. The van der Waals surface area contributed by atoms with Crippen molar-refractivity contribution >= 4 is 17.2 Å². The molecule has 1 N–H and O–H groups in total. The average molecular weight is 353 g/mol. The highest BCUT2D eigenvalue weighted by Crippen LogP contribution is 2.25. The fraction of sp³-hybridized carbons (Fsp3) is 0.278. The summed E-state index contributed by atoms with van der Waals surface area (Å²) in [5.74, 6) is -0.0216. The van der Waals surface area contributed by atoms with E-state index in [1.807, 2.05) is 53.6 Å². The predicted molar refractivity (Wildman–Crippen MR) is 98.0 cm³/mol. The first-order valence-corrected chi connectivity index (χ1v) is 9.14. The third-order valence-corrected chi connectivity index (χ3v) is 5.37. The van der Waals surface area contributed by atoms with Crippen LogP contribution in [0.1, 0.15) is 16.9 Å². The molecule has 0 spiro atoms. The minimum Gasteiger partial charge on any atom is -0.336 e. The second-order valence-corrected chi connectivity index (χ2v) is 6.97. The van der Waals surface area contributed by atoms with Gasteiger partial charge in [0.25, 0.3) is 5.91 Å². The average Bonchev–Trinajstić information content (AvgIpc) is 3.42. The van der Waals surface area contributed by atoms with E-state index in [0.717, 1.165) is 35.8 Å². The summed E-state index contributed by atoms with van der Waals surface area (Å²) in [6, 6.07) is 10.2. The summed E-state index contributed by atoms with van der Waals surface area (Å²) in [6.45, 7) is 1.81. The van der Waals surface area contributed by atoms with E-state index in [1.165, 1.54) is 11.3 Å². The number of hydrogen-bond acceptors (Lipinski definition) is 5. The maximum atomic E-state index is 12.6. The quantitative estimate of drug-likeness (QED) is 0.782. The highest BCUT2D eigenvalue weighted by Gasteiger charge is 2.25. The van der Waals surface area contributed by atoms with Gasteiger partial charge in [-0.2, -0.15) is 5.10 Å². The highest BCUT2D eigenvalue weighted by molar-refractivity contribution is 7.13. The molecular formula is C18H19N5OS. The maximum absolute atomic E-state index is 12.6. The summed E-state index contributed by atoms with van der Waals surface area (Å²) in [7, 11) is 1.85. The third-order valence-electron chi connectivity index (χ3n) is 4.48. The van der Waals surface area contributed by atoms with Crippen LogP contribution in [0.5, 0.6) is 0 Å². The minimum absolute atomic E-state index is 0.0216. The number of likely N-dealkylation sites (N-methyl/N-ethyl adjacent to an activating group) is 1. The van der Waals surface area contributed by atoms with Gasteiger partial charge in [0.2, 0.25) is 0 Å². The smallest absolute Gasteiger partial charge is 0.273 e. The van der Waals surface area contributed by atoms with E-state index in [0.29, 0.717) is 5.69 Å². The van der Waals surface area contributed by atoms with Crippen LogP contribution in [-0.4, -0.2) is 51.8 Å². The SMILES string of the molecule is CN(C(=O)c1csc(-c2cnn(-c3ccccc3)c2)n1)C1CCNC1. The Morgan fingerprint density at radius 2 is 2.20 bits per heavy atom. The molecule has 7 heteroatoms. The van der Waals surface area contributed by atoms with Crippen LogP contribution in [0.3, 0.4) is 0 Å². The third kappa shape index (κ3) is 3.20. The van der Waals surface area contributed by atoms with Crippen molar-refractivity contribution in [3.05, 3.63) is 53.8 Å². The Kier molecular flexibility index (Phi) is 4.33. The van der Waals surface area contributed by atoms with Gasteiger partial charge in [-0.15, -0.1) is 11.3 Å². The lowest BCUT2D eigenvalue weighted by Crippen LogP contribution is -2.38. The summed E-state index contributed by atoms with van der Waals surface area (Å²) >= 11 is 1.47. The molecule has 0 radical (unpaired) electrons. The molecule has 0 bridgehead atoms. The van der Waals surface area contributed by atoms with Crippen molar-refractivity contribution < 1.29 is 4.79 Å². The summed E-state index contributed by atoms with van der Waals surface area (Å²) in [5, 5.41) is 10.3. The zero-order valence-electron chi connectivity index (χ0n) is 13.9. The molecule has 6 nitrogen and oxygen atoms in total. The van der Waals surface area contributed by atoms with Gasteiger partial charge in [0, 0.05) is 36.8 Å². The van der Waals surface area contributed by atoms with E-state index in [4.69, 9.17) is 0 Å². The summed E-state index contributed by atoms with van der Waals surface area (Å²) in [4.78, 5) is 19.0. The van der Waals surface area contributed by atoms with Crippen LogP contribution in [0, 0.1) is 0 Å². The standard InChI is InChI=1S/C18H19N5OS/c1-22(15-7-8-19-10-15)18(24)16-12-25-17(21-16)13-9-20-23(11-13)14-5-3-2-4-6-14/h2-6,9,11-12,15,19H,7-8,10H2,1H3. The molecule has 1 aromatic carbocycles. The van der Waals surface area contributed by atoms with Gasteiger partial charge in [-0.25, -0.2) is 9.67 Å². The molecule has 0 saturated carbocycles. The number of amides is 1. The Labute approximate surface area is 150 Å². The van der Waals surface area contributed by atoms with Crippen molar-refractivity contribution in [2.45, 2.75) is 12.5 Å².